The summed E-state index contributed by atoms with van der Waals surface area (Å²) in [6, 6.07) is 10.5. The van der Waals surface area contributed by atoms with Crippen molar-refractivity contribution < 1.29 is 17.9 Å². The van der Waals surface area contributed by atoms with E-state index in [9.17, 15) is 13.2 Å². The predicted octanol–water partition coefficient (Wildman–Crippen LogP) is 2.18. The van der Waals surface area contributed by atoms with Crippen molar-refractivity contribution in [2.24, 2.45) is 7.05 Å². The van der Waals surface area contributed by atoms with Crippen LogP contribution in [0.5, 0.6) is 5.75 Å². The largest absolute Gasteiger partial charge is 0.497 e. The molecule has 1 aliphatic rings. The number of aromatic nitrogens is 1. The summed E-state index contributed by atoms with van der Waals surface area (Å²) in [5.74, 6) is 0.678. The lowest BCUT2D eigenvalue weighted by Gasteiger charge is -2.11. The Bertz CT molecular complexity index is 1200. The molecule has 8 heteroatoms. The van der Waals surface area contributed by atoms with Gasteiger partial charge in [0.2, 0.25) is 15.9 Å². The number of benzene rings is 2. The molecule has 146 valence electrons. The van der Waals surface area contributed by atoms with E-state index in [1.807, 2.05) is 36.0 Å². The minimum absolute atomic E-state index is 0.0396. The highest BCUT2D eigenvalue weighted by Crippen LogP contribution is 2.30. The summed E-state index contributed by atoms with van der Waals surface area (Å²) in [6.07, 6.45) is 2.13. The molecule has 0 saturated heterocycles. The molecule has 0 aliphatic carbocycles. The second-order valence-electron chi connectivity index (χ2n) is 6.89. The van der Waals surface area contributed by atoms with Crippen molar-refractivity contribution >= 4 is 32.5 Å². The number of hydrogen-bond donors (Lipinski definition) is 1. The van der Waals surface area contributed by atoms with Crippen LogP contribution in [0, 0.1) is 0 Å². The highest BCUT2D eigenvalue weighted by molar-refractivity contribution is 7.89. The number of hydrogen-bond acceptors (Lipinski definition) is 4. The number of fused-ring (bicyclic) bond motifs is 2. The van der Waals surface area contributed by atoms with Crippen LogP contribution in [-0.2, 0) is 34.8 Å². The normalized spacial score (nSPS) is 14.0. The third-order valence-electron chi connectivity index (χ3n) is 5.17. The maximum Gasteiger partial charge on any atom is 0.240 e. The second kappa shape index (κ2) is 6.65. The maximum absolute atomic E-state index is 12.8. The molecule has 0 spiro atoms. The fourth-order valence-corrected chi connectivity index (χ4v) is 4.65. The predicted molar refractivity (Wildman–Crippen MR) is 107 cm³/mol. The van der Waals surface area contributed by atoms with Gasteiger partial charge in [-0.2, -0.15) is 0 Å². The molecule has 0 radical (unpaired) electrons. The van der Waals surface area contributed by atoms with Gasteiger partial charge in [-0.1, -0.05) is 0 Å². The van der Waals surface area contributed by atoms with E-state index in [1.165, 1.54) is 6.07 Å². The maximum atomic E-state index is 12.8. The van der Waals surface area contributed by atoms with Gasteiger partial charge in [-0.25, -0.2) is 13.1 Å². The second-order valence-corrected chi connectivity index (χ2v) is 8.66. The first-order valence-corrected chi connectivity index (χ1v) is 10.3. The van der Waals surface area contributed by atoms with Crippen molar-refractivity contribution in [1.82, 2.24) is 9.29 Å². The molecule has 0 unspecified atom stereocenters. The first kappa shape index (κ1) is 18.5. The van der Waals surface area contributed by atoms with E-state index in [-0.39, 0.29) is 23.8 Å². The Kier molecular flexibility index (Phi) is 4.40. The molecule has 1 aliphatic heterocycles. The summed E-state index contributed by atoms with van der Waals surface area (Å²) >= 11 is 0. The zero-order valence-electron chi connectivity index (χ0n) is 15.9. The van der Waals surface area contributed by atoms with Crippen molar-refractivity contribution in [1.29, 1.82) is 0 Å². The van der Waals surface area contributed by atoms with Gasteiger partial charge in [-0.05, 0) is 47.5 Å². The minimum Gasteiger partial charge on any atom is -0.497 e. The number of rotatable bonds is 5. The number of anilines is 1. The molecule has 0 bridgehead atoms. The van der Waals surface area contributed by atoms with Gasteiger partial charge < -0.3 is 14.2 Å². The Balaban J connectivity index is 1.61. The molecule has 3 aromatic rings. The third kappa shape index (κ3) is 3.04. The number of aryl methyl sites for hydroxylation is 1. The van der Waals surface area contributed by atoms with Crippen molar-refractivity contribution in [2.45, 2.75) is 17.9 Å². The number of likely N-dealkylation sites (N-methyl/N-ethyl adjacent to an activating group) is 1. The number of sulfonamides is 1. The lowest BCUT2D eigenvalue weighted by Crippen LogP contribution is -2.23. The quantitative estimate of drug-likeness (QED) is 0.713. The van der Waals surface area contributed by atoms with E-state index in [0.29, 0.717) is 0 Å². The van der Waals surface area contributed by atoms with Crippen LogP contribution >= 0.6 is 0 Å². The van der Waals surface area contributed by atoms with Crippen LogP contribution in [0.3, 0.4) is 0 Å². The molecule has 0 atom stereocenters. The standard InChI is InChI=1S/C20H21N3O4S/c1-22-12-14(17-10-15(27-3)4-6-19(17)22)11-21-28(25,26)16-5-7-18-13(8-16)9-20(24)23(18)2/h4-8,10,12,21H,9,11H2,1-3H3. The third-order valence-corrected chi connectivity index (χ3v) is 6.57. The van der Waals surface area contributed by atoms with Gasteiger partial charge in [0.1, 0.15) is 5.75 Å². The highest BCUT2D eigenvalue weighted by atomic mass is 32.2. The molecule has 7 nitrogen and oxygen atoms in total. The molecule has 4 rings (SSSR count). The molecule has 2 heterocycles. The molecule has 0 fully saturated rings. The van der Waals surface area contributed by atoms with Crippen LogP contribution in [0.25, 0.3) is 10.9 Å². The summed E-state index contributed by atoms with van der Waals surface area (Å²) in [4.78, 5) is 13.5. The Morgan fingerprint density at radius 1 is 1.14 bits per heavy atom. The molecule has 1 amide bonds. The Morgan fingerprint density at radius 2 is 1.93 bits per heavy atom. The molecule has 2 aromatic carbocycles. The highest BCUT2D eigenvalue weighted by Gasteiger charge is 2.26. The fourth-order valence-electron chi connectivity index (χ4n) is 3.59. The summed E-state index contributed by atoms with van der Waals surface area (Å²) in [5.41, 5.74) is 3.33. The molecule has 0 saturated carbocycles. The zero-order chi connectivity index (χ0) is 20.1. The number of nitrogens with zero attached hydrogens (tertiary/aromatic N) is 2. The van der Waals surface area contributed by atoms with E-state index in [4.69, 9.17) is 4.74 Å². The summed E-state index contributed by atoms with van der Waals surface area (Å²) < 4.78 is 35.5. The van der Waals surface area contributed by atoms with Crippen LogP contribution in [0.2, 0.25) is 0 Å². The van der Waals surface area contributed by atoms with Crippen LogP contribution in [-0.4, -0.2) is 33.0 Å². The van der Waals surface area contributed by atoms with E-state index in [2.05, 4.69) is 4.72 Å². The average Bonchev–Trinajstić information content (AvgIpc) is 3.15. The molecular weight excluding hydrogens is 378 g/mol. The first-order valence-electron chi connectivity index (χ1n) is 8.81. The number of amides is 1. The Hall–Kier alpha value is -2.84. The topological polar surface area (TPSA) is 80.6 Å². The number of carbonyl (C=O) groups excluding carboxylic acids is 1. The first-order chi connectivity index (χ1) is 13.3. The molecule has 1 N–H and O–H groups in total. The Labute approximate surface area is 163 Å². The zero-order valence-corrected chi connectivity index (χ0v) is 16.7. The lowest BCUT2D eigenvalue weighted by atomic mass is 10.1. The van der Waals surface area contributed by atoms with Crippen LogP contribution < -0.4 is 14.4 Å². The lowest BCUT2D eigenvalue weighted by molar-refractivity contribution is -0.117. The van der Waals surface area contributed by atoms with Gasteiger partial charge in [0, 0.05) is 43.4 Å². The van der Waals surface area contributed by atoms with Gasteiger partial charge in [0.05, 0.1) is 18.4 Å². The smallest absolute Gasteiger partial charge is 0.240 e. The van der Waals surface area contributed by atoms with Crippen LogP contribution in [0.1, 0.15) is 11.1 Å². The van der Waals surface area contributed by atoms with Gasteiger partial charge in [-0.3, -0.25) is 4.79 Å². The van der Waals surface area contributed by atoms with E-state index in [0.717, 1.165) is 33.5 Å². The van der Waals surface area contributed by atoms with E-state index >= 15 is 0 Å². The van der Waals surface area contributed by atoms with Crippen molar-refractivity contribution in [2.75, 3.05) is 19.1 Å². The van der Waals surface area contributed by atoms with Crippen molar-refractivity contribution in [3.63, 3.8) is 0 Å². The monoisotopic (exact) mass is 399 g/mol. The van der Waals surface area contributed by atoms with Gasteiger partial charge in [0.25, 0.3) is 0 Å². The minimum atomic E-state index is -3.71. The van der Waals surface area contributed by atoms with Gasteiger partial charge in [0.15, 0.2) is 0 Å². The fraction of sp³-hybridized carbons (Fsp3) is 0.250. The molecule has 1 aromatic heterocycles. The summed E-state index contributed by atoms with van der Waals surface area (Å²) in [7, 11) is 1.50. The number of nitrogens with one attached hydrogen (secondary N) is 1. The number of ether oxygens (including phenoxy) is 1. The van der Waals surface area contributed by atoms with Crippen molar-refractivity contribution in [3.8, 4) is 5.75 Å². The summed E-state index contributed by atoms with van der Waals surface area (Å²) in [5, 5.41) is 0.936. The van der Waals surface area contributed by atoms with E-state index in [1.54, 1.807) is 31.2 Å². The van der Waals surface area contributed by atoms with E-state index < -0.39 is 10.0 Å². The molecular formula is C20H21N3O4S. The van der Waals surface area contributed by atoms with Crippen LogP contribution in [0.4, 0.5) is 5.69 Å². The average molecular weight is 399 g/mol. The number of carbonyl (C=O) groups is 1. The van der Waals surface area contributed by atoms with Gasteiger partial charge in [-0.15, -0.1) is 0 Å². The Morgan fingerprint density at radius 3 is 2.68 bits per heavy atom. The SMILES string of the molecule is COc1ccc2c(c1)c(CNS(=O)(=O)c1ccc3c(c1)CC(=O)N3C)cn2C. The molecule has 28 heavy (non-hydrogen) atoms. The van der Waals surface area contributed by atoms with Gasteiger partial charge >= 0.3 is 0 Å². The van der Waals surface area contributed by atoms with Crippen molar-refractivity contribution in [3.05, 3.63) is 53.7 Å². The van der Waals surface area contributed by atoms with Crippen LogP contribution in [0.15, 0.2) is 47.5 Å². The summed E-state index contributed by atoms with van der Waals surface area (Å²) in [6.45, 7) is 0.156. The number of methoxy groups -OCH3 is 1.